The minimum absolute atomic E-state index is 0.0150. The van der Waals surface area contributed by atoms with E-state index in [0.717, 1.165) is 22.4 Å². The van der Waals surface area contributed by atoms with Crippen LogP contribution in [0.5, 0.6) is 0 Å². The van der Waals surface area contributed by atoms with Crippen molar-refractivity contribution in [2.45, 2.75) is 33.2 Å². The van der Waals surface area contributed by atoms with Crippen molar-refractivity contribution in [2.24, 2.45) is 5.92 Å². The van der Waals surface area contributed by atoms with Gasteiger partial charge in [0, 0.05) is 18.7 Å². The average Bonchev–Trinajstić information content (AvgIpc) is 3.00. The van der Waals surface area contributed by atoms with E-state index in [-0.39, 0.29) is 30.2 Å². The Bertz CT molecular complexity index is 786. The van der Waals surface area contributed by atoms with Crippen molar-refractivity contribution in [3.05, 3.63) is 65.2 Å². The van der Waals surface area contributed by atoms with Crippen LogP contribution in [0, 0.1) is 19.8 Å². The van der Waals surface area contributed by atoms with E-state index in [1.54, 1.807) is 4.90 Å². The van der Waals surface area contributed by atoms with Crippen LogP contribution in [0.4, 0.5) is 5.69 Å². The normalized spacial score (nSPS) is 18.3. The number of benzene rings is 2. The van der Waals surface area contributed by atoms with Crippen molar-refractivity contribution in [1.29, 1.82) is 0 Å². The summed E-state index contributed by atoms with van der Waals surface area (Å²) in [4.78, 5) is 26.8. The summed E-state index contributed by atoms with van der Waals surface area (Å²) in [6.45, 7) is 6.46. The Labute approximate surface area is 148 Å². The molecule has 2 atom stereocenters. The molecule has 0 unspecified atom stereocenters. The lowest BCUT2D eigenvalue weighted by Gasteiger charge is -2.21. The molecule has 2 aromatic rings. The lowest BCUT2D eigenvalue weighted by Crippen LogP contribution is -2.34. The summed E-state index contributed by atoms with van der Waals surface area (Å²) in [6.07, 6.45) is 0.265. The number of aryl methyl sites for hydroxylation is 1. The van der Waals surface area contributed by atoms with Gasteiger partial charge in [0.2, 0.25) is 11.8 Å². The first kappa shape index (κ1) is 17.2. The maximum absolute atomic E-state index is 12.6. The molecule has 1 aliphatic rings. The van der Waals surface area contributed by atoms with Gasteiger partial charge in [0.25, 0.3) is 0 Å². The van der Waals surface area contributed by atoms with Crippen molar-refractivity contribution in [3.8, 4) is 0 Å². The average molecular weight is 336 g/mol. The van der Waals surface area contributed by atoms with E-state index in [1.807, 2.05) is 69.3 Å². The second kappa shape index (κ2) is 7.09. The van der Waals surface area contributed by atoms with E-state index >= 15 is 0 Å². The van der Waals surface area contributed by atoms with Gasteiger partial charge in [-0.15, -0.1) is 0 Å². The lowest BCUT2D eigenvalue weighted by molar-refractivity contribution is -0.126. The fourth-order valence-corrected chi connectivity index (χ4v) is 3.30. The Hall–Kier alpha value is -2.62. The molecule has 1 aliphatic heterocycles. The highest BCUT2D eigenvalue weighted by atomic mass is 16.2. The van der Waals surface area contributed by atoms with Crippen LogP contribution in [-0.2, 0) is 9.59 Å². The number of amides is 2. The summed E-state index contributed by atoms with van der Waals surface area (Å²) in [6, 6.07) is 15.7. The summed E-state index contributed by atoms with van der Waals surface area (Å²) in [5, 5.41) is 3.04. The zero-order chi connectivity index (χ0) is 18.0. The van der Waals surface area contributed by atoms with E-state index in [0.29, 0.717) is 6.54 Å². The zero-order valence-corrected chi connectivity index (χ0v) is 15.0. The molecule has 2 aromatic carbocycles. The van der Waals surface area contributed by atoms with Gasteiger partial charge in [-0.1, -0.05) is 42.5 Å². The summed E-state index contributed by atoms with van der Waals surface area (Å²) in [5.41, 5.74) is 4.22. The van der Waals surface area contributed by atoms with E-state index in [9.17, 15) is 9.59 Å². The molecule has 0 aromatic heterocycles. The van der Waals surface area contributed by atoms with E-state index in [1.165, 1.54) is 0 Å². The quantitative estimate of drug-likeness (QED) is 0.928. The highest BCUT2D eigenvalue weighted by Gasteiger charge is 2.36. The molecule has 0 saturated carbocycles. The first-order valence-corrected chi connectivity index (χ1v) is 8.69. The number of nitrogens with one attached hydrogen (secondary N) is 1. The fourth-order valence-electron chi connectivity index (χ4n) is 3.30. The van der Waals surface area contributed by atoms with Gasteiger partial charge in [0.1, 0.15) is 0 Å². The minimum Gasteiger partial charge on any atom is -0.349 e. The number of carbonyl (C=O) groups excluding carboxylic acids is 2. The predicted molar refractivity (Wildman–Crippen MR) is 99.4 cm³/mol. The van der Waals surface area contributed by atoms with Gasteiger partial charge in [-0.25, -0.2) is 0 Å². The molecule has 4 nitrogen and oxygen atoms in total. The second-order valence-corrected chi connectivity index (χ2v) is 6.77. The number of nitrogens with zero attached hydrogens (tertiary/aromatic N) is 1. The summed E-state index contributed by atoms with van der Waals surface area (Å²) in [5.74, 6) is -0.350. The number of anilines is 1. The predicted octanol–water partition coefficient (Wildman–Crippen LogP) is 3.53. The van der Waals surface area contributed by atoms with Crippen molar-refractivity contribution >= 4 is 17.5 Å². The van der Waals surface area contributed by atoms with Gasteiger partial charge < -0.3 is 10.2 Å². The van der Waals surface area contributed by atoms with Gasteiger partial charge in [-0.05, 0) is 43.5 Å². The summed E-state index contributed by atoms with van der Waals surface area (Å²) in [7, 11) is 0. The van der Waals surface area contributed by atoms with E-state index in [4.69, 9.17) is 0 Å². The molecule has 0 radical (unpaired) electrons. The highest BCUT2D eigenvalue weighted by molar-refractivity contribution is 6.01. The highest BCUT2D eigenvalue weighted by Crippen LogP contribution is 2.29. The minimum atomic E-state index is -0.307. The van der Waals surface area contributed by atoms with Crippen LogP contribution < -0.4 is 10.2 Å². The fraction of sp³-hybridized carbons (Fsp3) is 0.333. The molecule has 25 heavy (non-hydrogen) atoms. The van der Waals surface area contributed by atoms with Crippen molar-refractivity contribution in [2.75, 3.05) is 11.4 Å². The van der Waals surface area contributed by atoms with Crippen LogP contribution in [0.3, 0.4) is 0 Å². The molecule has 1 saturated heterocycles. The SMILES string of the molecule is Cc1cccc(N2C[C@H](C(=O)N[C@@H](C)c3ccccc3)CC2=O)c1C. The third kappa shape index (κ3) is 3.58. The third-order valence-electron chi connectivity index (χ3n) is 5.02. The van der Waals surface area contributed by atoms with Gasteiger partial charge >= 0.3 is 0 Å². The summed E-state index contributed by atoms with van der Waals surface area (Å²) < 4.78 is 0. The molecule has 1 fully saturated rings. The third-order valence-corrected chi connectivity index (χ3v) is 5.02. The van der Waals surface area contributed by atoms with Gasteiger partial charge in [0.05, 0.1) is 12.0 Å². The van der Waals surface area contributed by atoms with Crippen molar-refractivity contribution in [1.82, 2.24) is 5.32 Å². The molecule has 0 spiro atoms. The standard InChI is InChI=1S/C21H24N2O2/c1-14-8-7-11-19(15(14)2)23-13-18(12-20(23)24)21(25)22-16(3)17-9-5-4-6-10-17/h4-11,16,18H,12-13H2,1-3H3,(H,22,25)/t16-,18+/m0/s1. The molecule has 1 heterocycles. The Kier molecular flexibility index (Phi) is 4.88. The van der Waals surface area contributed by atoms with Gasteiger partial charge in [-0.2, -0.15) is 0 Å². The van der Waals surface area contributed by atoms with Crippen LogP contribution in [0.2, 0.25) is 0 Å². The molecule has 4 heteroatoms. The van der Waals surface area contributed by atoms with Crippen LogP contribution in [0.1, 0.15) is 36.1 Å². The second-order valence-electron chi connectivity index (χ2n) is 6.77. The van der Waals surface area contributed by atoms with Gasteiger partial charge in [0.15, 0.2) is 0 Å². The smallest absolute Gasteiger partial charge is 0.227 e. The molecular weight excluding hydrogens is 312 g/mol. The van der Waals surface area contributed by atoms with E-state index < -0.39 is 0 Å². The number of hydrogen-bond donors (Lipinski definition) is 1. The van der Waals surface area contributed by atoms with E-state index in [2.05, 4.69) is 5.32 Å². The Balaban J connectivity index is 1.70. The van der Waals surface area contributed by atoms with Crippen LogP contribution in [-0.4, -0.2) is 18.4 Å². The monoisotopic (exact) mass is 336 g/mol. The van der Waals surface area contributed by atoms with Gasteiger partial charge in [-0.3, -0.25) is 9.59 Å². The molecular formula is C21H24N2O2. The Morgan fingerprint density at radius 2 is 1.84 bits per heavy atom. The summed E-state index contributed by atoms with van der Waals surface area (Å²) >= 11 is 0. The molecule has 3 rings (SSSR count). The first-order valence-electron chi connectivity index (χ1n) is 8.69. The molecule has 0 aliphatic carbocycles. The Morgan fingerprint density at radius 1 is 1.12 bits per heavy atom. The first-order chi connectivity index (χ1) is 12.0. The number of hydrogen-bond acceptors (Lipinski definition) is 2. The lowest BCUT2D eigenvalue weighted by atomic mass is 10.0. The van der Waals surface area contributed by atoms with Crippen LogP contribution in [0.15, 0.2) is 48.5 Å². The molecule has 0 bridgehead atoms. The Morgan fingerprint density at radius 3 is 2.56 bits per heavy atom. The molecule has 2 amide bonds. The molecule has 1 N–H and O–H groups in total. The van der Waals surface area contributed by atoms with Crippen molar-refractivity contribution < 1.29 is 9.59 Å². The number of rotatable bonds is 4. The number of carbonyl (C=O) groups is 2. The zero-order valence-electron chi connectivity index (χ0n) is 15.0. The maximum atomic E-state index is 12.6. The largest absolute Gasteiger partial charge is 0.349 e. The molecule has 130 valence electrons. The van der Waals surface area contributed by atoms with Crippen molar-refractivity contribution in [3.63, 3.8) is 0 Å². The topological polar surface area (TPSA) is 49.4 Å². The van der Waals surface area contributed by atoms with Crippen LogP contribution in [0.25, 0.3) is 0 Å². The maximum Gasteiger partial charge on any atom is 0.227 e. The van der Waals surface area contributed by atoms with Crippen LogP contribution >= 0.6 is 0 Å².